The molecule has 0 amide bonds. The Morgan fingerprint density at radius 2 is 2.11 bits per heavy atom. The summed E-state index contributed by atoms with van der Waals surface area (Å²) >= 11 is 11.8. The highest BCUT2D eigenvalue weighted by atomic mass is 35.5. The van der Waals surface area contributed by atoms with Crippen LogP contribution in [0.4, 0.5) is 11.5 Å². The van der Waals surface area contributed by atoms with Gasteiger partial charge in [-0.25, -0.2) is 9.97 Å². The molecule has 2 aromatic rings. The molecule has 0 radical (unpaired) electrons. The predicted octanol–water partition coefficient (Wildman–Crippen LogP) is 4.10. The molecule has 0 fully saturated rings. The van der Waals surface area contributed by atoms with E-state index >= 15 is 0 Å². The van der Waals surface area contributed by atoms with Crippen LogP contribution in [0.3, 0.4) is 0 Å². The van der Waals surface area contributed by atoms with E-state index in [1.54, 1.807) is 25.4 Å². The molecule has 0 spiro atoms. The second kappa shape index (κ2) is 6.08. The first-order valence-electron chi connectivity index (χ1n) is 5.76. The van der Waals surface area contributed by atoms with Gasteiger partial charge in [0.2, 0.25) is 5.28 Å². The molecule has 0 unspecified atom stereocenters. The molecule has 1 heterocycles. The summed E-state index contributed by atoms with van der Waals surface area (Å²) in [6.07, 6.45) is 2.52. The van der Waals surface area contributed by atoms with Crippen LogP contribution in [0.25, 0.3) is 0 Å². The summed E-state index contributed by atoms with van der Waals surface area (Å²) in [4.78, 5) is 8.16. The fourth-order valence-corrected chi connectivity index (χ4v) is 1.95. The highest BCUT2D eigenvalue weighted by molar-refractivity contribution is 6.32. The minimum absolute atomic E-state index is 0.209. The highest BCUT2D eigenvalue weighted by Gasteiger charge is 2.07. The van der Waals surface area contributed by atoms with E-state index in [4.69, 9.17) is 27.9 Å². The molecule has 0 aliphatic carbocycles. The smallest absolute Gasteiger partial charge is 0.224 e. The number of aromatic nitrogens is 2. The molecule has 1 aromatic heterocycles. The van der Waals surface area contributed by atoms with Crippen LogP contribution in [0.15, 0.2) is 24.4 Å². The molecule has 0 saturated heterocycles. The molecule has 6 heteroatoms. The van der Waals surface area contributed by atoms with Crippen LogP contribution < -0.4 is 10.1 Å². The van der Waals surface area contributed by atoms with Gasteiger partial charge in [-0.15, -0.1) is 0 Å². The van der Waals surface area contributed by atoms with Crippen LogP contribution in [0, 0.1) is 0 Å². The van der Waals surface area contributed by atoms with Crippen molar-refractivity contribution in [3.8, 4) is 5.75 Å². The third-order valence-electron chi connectivity index (χ3n) is 2.63. The number of hydrogen-bond acceptors (Lipinski definition) is 4. The van der Waals surface area contributed by atoms with Gasteiger partial charge in [0.15, 0.2) is 0 Å². The van der Waals surface area contributed by atoms with Crippen LogP contribution in [0.1, 0.15) is 12.5 Å². The van der Waals surface area contributed by atoms with Crippen LogP contribution in [0.2, 0.25) is 10.3 Å². The molecule has 100 valence electrons. The predicted molar refractivity (Wildman–Crippen MR) is 77.7 cm³/mol. The number of hydrogen-bond donors (Lipinski definition) is 1. The lowest BCUT2D eigenvalue weighted by Gasteiger charge is -2.11. The molecule has 2 rings (SSSR count). The normalized spacial score (nSPS) is 10.3. The molecule has 0 saturated carbocycles. The molecule has 19 heavy (non-hydrogen) atoms. The van der Waals surface area contributed by atoms with Crippen molar-refractivity contribution < 1.29 is 4.74 Å². The first-order chi connectivity index (χ1) is 9.13. The first-order valence-corrected chi connectivity index (χ1v) is 6.51. The summed E-state index contributed by atoms with van der Waals surface area (Å²) in [5.74, 6) is 1.29. The van der Waals surface area contributed by atoms with E-state index in [1.165, 1.54) is 0 Å². The quantitative estimate of drug-likeness (QED) is 0.863. The second-order valence-corrected chi connectivity index (χ2v) is 4.59. The molecule has 1 N–H and O–H groups in total. The molecule has 0 aliphatic rings. The zero-order valence-electron chi connectivity index (χ0n) is 10.6. The Bertz CT molecular complexity index is 590. The van der Waals surface area contributed by atoms with Crippen molar-refractivity contribution in [1.82, 2.24) is 9.97 Å². The Balaban J connectivity index is 2.33. The van der Waals surface area contributed by atoms with Gasteiger partial charge in [0, 0.05) is 23.5 Å². The second-order valence-electron chi connectivity index (χ2n) is 3.84. The van der Waals surface area contributed by atoms with Crippen LogP contribution in [0.5, 0.6) is 5.75 Å². The van der Waals surface area contributed by atoms with E-state index in [0.29, 0.717) is 16.6 Å². The van der Waals surface area contributed by atoms with E-state index in [2.05, 4.69) is 15.3 Å². The SMILES string of the molecule is CCc1cnc(Cl)nc1Nc1ccc(Cl)c(OC)c1. The Morgan fingerprint density at radius 1 is 1.32 bits per heavy atom. The Labute approximate surface area is 121 Å². The van der Waals surface area contributed by atoms with E-state index in [-0.39, 0.29) is 5.28 Å². The number of nitrogens with one attached hydrogen (secondary N) is 1. The van der Waals surface area contributed by atoms with Gasteiger partial charge in [0.05, 0.1) is 12.1 Å². The van der Waals surface area contributed by atoms with Crippen molar-refractivity contribution in [1.29, 1.82) is 0 Å². The summed E-state index contributed by atoms with van der Waals surface area (Å²) in [6, 6.07) is 5.41. The maximum absolute atomic E-state index is 5.98. The average Bonchev–Trinajstić information content (AvgIpc) is 2.41. The van der Waals surface area contributed by atoms with E-state index in [9.17, 15) is 0 Å². The summed E-state index contributed by atoms with van der Waals surface area (Å²) in [6.45, 7) is 2.03. The summed E-state index contributed by atoms with van der Waals surface area (Å²) < 4.78 is 5.17. The summed E-state index contributed by atoms with van der Waals surface area (Å²) in [5.41, 5.74) is 1.81. The van der Waals surface area contributed by atoms with Crippen LogP contribution in [-0.4, -0.2) is 17.1 Å². The van der Waals surface area contributed by atoms with Crippen LogP contribution in [-0.2, 0) is 6.42 Å². The van der Waals surface area contributed by atoms with Crippen molar-refractivity contribution in [3.63, 3.8) is 0 Å². The minimum Gasteiger partial charge on any atom is -0.495 e. The molecule has 0 atom stereocenters. The topological polar surface area (TPSA) is 47.0 Å². The zero-order valence-corrected chi connectivity index (χ0v) is 12.1. The number of ether oxygens (including phenoxy) is 1. The van der Waals surface area contributed by atoms with E-state index in [0.717, 1.165) is 17.7 Å². The fraction of sp³-hybridized carbons (Fsp3) is 0.231. The van der Waals surface area contributed by atoms with Gasteiger partial charge in [-0.1, -0.05) is 18.5 Å². The molecular formula is C13H13Cl2N3O. The van der Waals surface area contributed by atoms with Crippen molar-refractivity contribution in [2.45, 2.75) is 13.3 Å². The number of aryl methyl sites for hydroxylation is 1. The third-order valence-corrected chi connectivity index (χ3v) is 3.12. The monoisotopic (exact) mass is 297 g/mol. The molecule has 0 bridgehead atoms. The standard InChI is InChI=1S/C13H13Cl2N3O/c1-3-8-7-16-13(15)18-12(8)17-9-4-5-10(14)11(6-9)19-2/h4-7H,3H2,1-2H3,(H,16,17,18). The lowest BCUT2D eigenvalue weighted by atomic mass is 10.2. The Hall–Kier alpha value is -1.52. The van der Waals surface area contributed by atoms with Gasteiger partial charge in [-0.2, -0.15) is 0 Å². The summed E-state index contributed by atoms with van der Waals surface area (Å²) in [5, 5.41) is 3.96. The maximum atomic E-state index is 5.98. The van der Waals surface area contributed by atoms with Crippen molar-refractivity contribution >= 4 is 34.7 Å². The lowest BCUT2D eigenvalue weighted by Crippen LogP contribution is -2.00. The summed E-state index contributed by atoms with van der Waals surface area (Å²) in [7, 11) is 1.57. The number of halogens is 2. The Kier molecular flexibility index (Phi) is 4.45. The number of anilines is 2. The number of rotatable bonds is 4. The number of methoxy groups -OCH3 is 1. The maximum Gasteiger partial charge on any atom is 0.224 e. The lowest BCUT2D eigenvalue weighted by molar-refractivity contribution is 0.415. The van der Waals surface area contributed by atoms with E-state index in [1.807, 2.05) is 13.0 Å². The van der Waals surface area contributed by atoms with Crippen LogP contribution >= 0.6 is 23.2 Å². The first kappa shape index (κ1) is 13.9. The third kappa shape index (κ3) is 3.28. The number of benzene rings is 1. The highest BCUT2D eigenvalue weighted by Crippen LogP contribution is 2.29. The molecule has 4 nitrogen and oxygen atoms in total. The minimum atomic E-state index is 0.209. The molecular weight excluding hydrogens is 285 g/mol. The van der Waals surface area contributed by atoms with Gasteiger partial charge >= 0.3 is 0 Å². The van der Waals surface area contributed by atoms with Gasteiger partial charge in [0.25, 0.3) is 0 Å². The average molecular weight is 298 g/mol. The van der Waals surface area contributed by atoms with Gasteiger partial charge in [0.1, 0.15) is 11.6 Å². The van der Waals surface area contributed by atoms with Gasteiger partial charge in [-0.05, 0) is 30.2 Å². The van der Waals surface area contributed by atoms with Gasteiger partial charge < -0.3 is 10.1 Å². The molecule has 0 aliphatic heterocycles. The van der Waals surface area contributed by atoms with E-state index < -0.39 is 0 Å². The zero-order chi connectivity index (χ0) is 13.8. The fourth-order valence-electron chi connectivity index (χ4n) is 1.63. The largest absolute Gasteiger partial charge is 0.495 e. The Morgan fingerprint density at radius 3 is 2.79 bits per heavy atom. The van der Waals surface area contributed by atoms with Gasteiger partial charge in [-0.3, -0.25) is 0 Å². The number of nitrogens with zero attached hydrogens (tertiary/aromatic N) is 2. The van der Waals surface area contributed by atoms with Crippen molar-refractivity contribution in [2.75, 3.05) is 12.4 Å². The van der Waals surface area contributed by atoms with Crippen molar-refractivity contribution in [3.05, 3.63) is 40.3 Å². The molecule has 1 aromatic carbocycles. The van der Waals surface area contributed by atoms with Crippen molar-refractivity contribution in [2.24, 2.45) is 0 Å².